The van der Waals surface area contributed by atoms with Crippen molar-refractivity contribution >= 4 is 0 Å². The van der Waals surface area contributed by atoms with Crippen LogP contribution in [0.25, 0.3) is 0 Å². The van der Waals surface area contributed by atoms with Crippen LogP contribution in [0, 0.1) is 5.92 Å². The van der Waals surface area contributed by atoms with Gasteiger partial charge in [-0.25, -0.2) is 0 Å². The topological polar surface area (TPSA) is 29.3 Å². The van der Waals surface area contributed by atoms with Crippen molar-refractivity contribution in [1.29, 1.82) is 0 Å². The van der Waals surface area contributed by atoms with E-state index in [1.165, 1.54) is 0 Å². The van der Waals surface area contributed by atoms with Gasteiger partial charge in [-0.1, -0.05) is 30.3 Å². The molecule has 1 aliphatic rings. The van der Waals surface area contributed by atoms with E-state index < -0.39 is 18.1 Å². The Morgan fingerprint density at radius 3 is 2.56 bits per heavy atom. The third-order valence-electron chi connectivity index (χ3n) is 3.44. The Bertz CT molecular complexity index is 378. The van der Waals surface area contributed by atoms with E-state index in [0.717, 1.165) is 5.56 Å². The summed E-state index contributed by atoms with van der Waals surface area (Å²) in [4.78, 5) is 2.03. The lowest BCUT2D eigenvalue weighted by atomic mass is 9.99. The number of benzene rings is 1. The summed E-state index contributed by atoms with van der Waals surface area (Å²) in [5.41, 5.74) is 6.38. The number of likely N-dealkylation sites (tertiary alicyclic amines) is 1. The number of halogens is 3. The zero-order valence-electron chi connectivity index (χ0n) is 10.0. The Morgan fingerprint density at radius 1 is 1.28 bits per heavy atom. The Kier molecular flexibility index (Phi) is 3.92. The van der Waals surface area contributed by atoms with Crippen LogP contribution in [0.1, 0.15) is 12.0 Å². The molecular formula is C13H17F3N2. The molecule has 2 nitrogen and oxygen atoms in total. The zero-order chi connectivity index (χ0) is 13.2. The first-order valence-corrected chi connectivity index (χ1v) is 6.05. The van der Waals surface area contributed by atoms with Crippen LogP contribution in [0.4, 0.5) is 13.2 Å². The van der Waals surface area contributed by atoms with Gasteiger partial charge in [0.05, 0.1) is 0 Å². The SMILES string of the molecule is NC(C1CCN(Cc2ccccc2)C1)C(F)(F)F. The summed E-state index contributed by atoms with van der Waals surface area (Å²) in [5.74, 6) is -0.478. The number of rotatable bonds is 3. The highest BCUT2D eigenvalue weighted by Gasteiger charge is 2.43. The van der Waals surface area contributed by atoms with Crippen LogP contribution >= 0.6 is 0 Å². The van der Waals surface area contributed by atoms with E-state index in [-0.39, 0.29) is 0 Å². The molecule has 0 aromatic heterocycles. The van der Waals surface area contributed by atoms with Crippen molar-refractivity contribution in [3.63, 3.8) is 0 Å². The fourth-order valence-electron chi connectivity index (χ4n) is 2.41. The summed E-state index contributed by atoms with van der Waals surface area (Å²) in [6, 6.07) is 8.07. The van der Waals surface area contributed by atoms with E-state index in [0.29, 0.717) is 26.1 Å². The largest absolute Gasteiger partial charge is 0.403 e. The summed E-state index contributed by atoms with van der Waals surface area (Å²) in [7, 11) is 0. The molecule has 2 rings (SSSR count). The fourth-order valence-corrected chi connectivity index (χ4v) is 2.41. The van der Waals surface area contributed by atoms with Crippen molar-refractivity contribution in [3.05, 3.63) is 35.9 Å². The van der Waals surface area contributed by atoms with Crippen molar-refractivity contribution in [1.82, 2.24) is 4.90 Å². The Morgan fingerprint density at radius 2 is 1.94 bits per heavy atom. The Hall–Kier alpha value is -1.07. The van der Waals surface area contributed by atoms with Gasteiger partial charge in [0.1, 0.15) is 6.04 Å². The van der Waals surface area contributed by atoms with Gasteiger partial charge in [0.15, 0.2) is 0 Å². The molecule has 0 saturated carbocycles. The maximum atomic E-state index is 12.5. The smallest absolute Gasteiger partial charge is 0.320 e. The number of hydrogen-bond acceptors (Lipinski definition) is 2. The molecule has 0 radical (unpaired) electrons. The molecule has 1 saturated heterocycles. The minimum Gasteiger partial charge on any atom is -0.320 e. The van der Waals surface area contributed by atoms with E-state index in [4.69, 9.17) is 5.73 Å². The van der Waals surface area contributed by atoms with Crippen molar-refractivity contribution in [3.8, 4) is 0 Å². The highest BCUT2D eigenvalue weighted by atomic mass is 19.4. The standard InChI is InChI=1S/C13H17F3N2/c14-13(15,16)12(17)11-6-7-18(9-11)8-10-4-2-1-3-5-10/h1-5,11-12H,6-9,17H2. The summed E-state index contributed by atoms with van der Waals surface area (Å²) in [6.07, 6.45) is -3.76. The minimum absolute atomic E-state index is 0.426. The summed E-state index contributed by atoms with van der Waals surface area (Å²) in [5, 5.41) is 0. The molecule has 0 bridgehead atoms. The predicted molar refractivity (Wildman–Crippen MR) is 63.9 cm³/mol. The summed E-state index contributed by atoms with van der Waals surface area (Å²) in [6.45, 7) is 1.81. The highest BCUT2D eigenvalue weighted by Crippen LogP contribution is 2.30. The molecule has 0 amide bonds. The summed E-state index contributed by atoms with van der Waals surface area (Å²) >= 11 is 0. The predicted octanol–water partition coefficient (Wildman–Crippen LogP) is 2.40. The van der Waals surface area contributed by atoms with Crippen molar-refractivity contribution in [2.45, 2.75) is 25.2 Å². The highest BCUT2D eigenvalue weighted by molar-refractivity contribution is 5.14. The van der Waals surface area contributed by atoms with Crippen LogP contribution in [-0.2, 0) is 6.54 Å². The quantitative estimate of drug-likeness (QED) is 0.902. The van der Waals surface area contributed by atoms with Crippen molar-refractivity contribution in [2.75, 3.05) is 13.1 Å². The maximum Gasteiger partial charge on any atom is 0.403 e. The minimum atomic E-state index is -4.28. The number of alkyl halides is 3. The normalized spacial score (nSPS) is 23.2. The third-order valence-corrected chi connectivity index (χ3v) is 3.44. The first-order chi connectivity index (χ1) is 8.47. The lowest BCUT2D eigenvalue weighted by Crippen LogP contribution is -2.44. The van der Waals surface area contributed by atoms with E-state index in [1.54, 1.807) is 0 Å². The lowest BCUT2D eigenvalue weighted by Gasteiger charge is -2.22. The van der Waals surface area contributed by atoms with E-state index >= 15 is 0 Å². The number of nitrogens with two attached hydrogens (primary N) is 1. The van der Waals surface area contributed by atoms with Gasteiger partial charge in [-0.05, 0) is 24.4 Å². The molecule has 2 unspecified atom stereocenters. The van der Waals surface area contributed by atoms with Crippen LogP contribution in [0.15, 0.2) is 30.3 Å². The van der Waals surface area contributed by atoms with Gasteiger partial charge in [0.25, 0.3) is 0 Å². The molecule has 18 heavy (non-hydrogen) atoms. The van der Waals surface area contributed by atoms with Gasteiger partial charge in [-0.2, -0.15) is 13.2 Å². The molecule has 100 valence electrons. The van der Waals surface area contributed by atoms with E-state index in [2.05, 4.69) is 0 Å². The van der Waals surface area contributed by atoms with Gasteiger partial charge < -0.3 is 5.73 Å². The first-order valence-electron chi connectivity index (χ1n) is 6.05. The van der Waals surface area contributed by atoms with Crippen molar-refractivity contribution < 1.29 is 13.2 Å². The molecule has 1 fully saturated rings. The second-order valence-corrected chi connectivity index (χ2v) is 4.84. The maximum absolute atomic E-state index is 12.5. The molecule has 0 spiro atoms. The molecular weight excluding hydrogens is 241 g/mol. The molecule has 2 N–H and O–H groups in total. The molecule has 1 aromatic carbocycles. The number of hydrogen-bond donors (Lipinski definition) is 1. The van der Waals surface area contributed by atoms with E-state index in [1.807, 2.05) is 35.2 Å². The van der Waals surface area contributed by atoms with Gasteiger partial charge in [0.2, 0.25) is 0 Å². The van der Waals surface area contributed by atoms with Crippen LogP contribution in [0.5, 0.6) is 0 Å². The van der Waals surface area contributed by atoms with Gasteiger partial charge in [0, 0.05) is 13.1 Å². The van der Waals surface area contributed by atoms with E-state index in [9.17, 15) is 13.2 Å². The van der Waals surface area contributed by atoms with Crippen LogP contribution in [0.3, 0.4) is 0 Å². The van der Waals surface area contributed by atoms with Crippen LogP contribution in [0.2, 0.25) is 0 Å². The van der Waals surface area contributed by atoms with Crippen LogP contribution < -0.4 is 5.73 Å². The summed E-state index contributed by atoms with van der Waals surface area (Å²) < 4.78 is 37.5. The molecule has 5 heteroatoms. The first kappa shape index (κ1) is 13.4. The molecule has 1 heterocycles. The van der Waals surface area contributed by atoms with Gasteiger partial charge >= 0.3 is 6.18 Å². The molecule has 1 aromatic rings. The molecule has 0 aliphatic carbocycles. The Labute approximate surface area is 105 Å². The van der Waals surface area contributed by atoms with Crippen molar-refractivity contribution in [2.24, 2.45) is 11.7 Å². The number of nitrogens with zero attached hydrogens (tertiary/aromatic N) is 1. The average Bonchev–Trinajstić information content (AvgIpc) is 2.76. The van der Waals surface area contributed by atoms with Gasteiger partial charge in [-0.3, -0.25) is 4.90 Å². The zero-order valence-corrected chi connectivity index (χ0v) is 10.0. The van der Waals surface area contributed by atoms with Crippen LogP contribution in [-0.4, -0.2) is 30.2 Å². The van der Waals surface area contributed by atoms with Gasteiger partial charge in [-0.15, -0.1) is 0 Å². The lowest BCUT2D eigenvalue weighted by molar-refractivity contribution is -0.158. The fraction of sp³-hybridized carbons (Fsp3) is 0.538. The monoisotopic (exact) mass is 258 g/mol. The second kappa shape index (κ2) is 5.28. The molecule has 2 atom stereocenters. The third kappa shape index (κ3) is 3.23. The average molecular weight is 258 g/mol. The second-order valence-electron chi connectivity index (χ2n) is 4.84. The Balaban J connectivity index is 1.89. The molecule has 1 aliphatic heterocycles.